The van der Waals surface area contributed by atoms with Crippen molar-refractivity contribution in [3.63, 3.8) is 0 Å². The summed E-state index contributed by atoms with van der Waals surface area (Å²) < 4.78 is 35.5. The molecule has 2 aromatic rings. The van der Waals surface area contributed by atoms with Gasteiger partial charge in [0.15, 0.2) is 15.8 Å². The van der Waals surface area contributed by atoms with Gasteiger partial charge < -0.3 is 20.1 Å². The van der Waals surface area contributed by atoms with Crippen molar-refractivity contribution in [1.82, 2.24) is 5.32 Å². The molecule has 0 radical (unpaired) electrons. The second kappa shape index (κ2) is 15.0. The fourth-order valence-corrected chi connectivity index (χ4v) is 4.01. The number of nitrogens with one attached hydrogen (secondary N) is 2. The number of hydrogen-bond acceptors (Lipinski definition) is 5. The van der Waals surface area contributed by atoms with Crippen LogP contribution in [0.5, 0.6) is 5.75 Å². The second-order valence-electron chi connectivity index (χ2n) is 6.59. The van der Waals surface area contributed by atoms with Gasteiger partial charge in [-0.25, -0.2) is 8.42 Å². The van der Waals surface area contributed by atoms with E-state index in [9.17, 15) is 8.42 Å². The average molecular weight is 561 g/mol. The van der Waals surface area contributed by atoms with E-state index < -0.39 is 9.84 Å². The number of guanidine groups is 1. The van der Waals surface area contributed by atoms with E-state index in [1.165, 1.54) is 0 Å². The van der Waals surface area contributed by atoms with E-state index in [1.807, 2.05) is 31.2 Å². The van der Waals surface area contributed by atoms with Crippen LogP contribution in [0.3, 0.4) is 0 Å². The number of halogens is 1. The maximum atomic E-state index is 12.4. The number of methoxy groups -OCH3 is 1. The van der Waals surface area contributed by atoms with Gasteiger partial charge in [-0.2, -0.15) is 0 Å². The lowest BCUT2D eigenvalue weighted by molar-refractivity contribution is 0.172. The van der Waals surface area contributed by atoms with Crippen LogP contribution in [0, 0.1) is 0 Å². The number of ether oxygens (including phenoxy) is 2. The molecule has 0 aliphatic heterocycles. The molecule has 0 aromatic heterocycles. The summed E-state index contributed by atoms with van der Waals surface area (Å²) in [7, 11) is -1.61. The van der Waals surface area contributed by atoms with E-state index in [0.29, 0.717) is 43.6 Å². The molecule has 0 amide bonds. The minimum absolute atomic E-state index is 0. The molecule has 31 heavy (non-hydrogen) atoms. The van der Waals surface area contributed by atoms with Gasteiger partial charge in [0.2, 0.25) is 0 Å². The number of aliphatic imine (C=N–C) groups is 1. The number of anilines is 1. The molecule has 2 aromatic carbocycles. The Morgan fingerprint density at radius 1 is 1.03 bits per heavy atom. The molecule has 0 fully saturated rings. The van der Waals surface area contributed by atoms with Crippen LogP contribution in [-0.2, 0) is 14.6 Å². The maximum absolute atomic E-state index is 12.4. The lowest BCUT2D eigenvalue weighted by Crippen LogP contribution is -2.30. The Balaban J connectivity index is 0.00000480. The number of sulfone groups is 1. The Labute approximate surface area is 202 Å². The Hall–Kier alpha value is -1.85. The smallest absolute Gasteiger partial charge is 0.195 e. The Kier molecular flexibility index (Phi) is 13.2. The van der Waals surface area contributed by atoms with Crippen LogP contribution in [0.4, 0.5) is 5.69 Å². The van der Waals surface area contributed by atoms with Crippen LogP contribution in [0.15, 0.2) is 64.5 Å². The monoisotopic (exact) mass is 561 g/mol. The first-order valence-electron chi connectivity index (χ1n) is 10.1. The molecule has 2 N–H and O–H groups in total. The van der Waals surface area contributed by atoms with Gasteiger partial charge >= 0.3 is 0 Å². The third kappa shape index (κ3) is 10.3. The standard InChI is InChI=1S/C22H31N3O4S.HI/c1-3-23-22(24-14-8-17-30(26,27)21-12-5-4-6-13-21)25-19-10-7-11-20(18-19)29-16-9-15-28-2;/h4-7,10-13,18H,3,8-9,14-17H2,1-2H3,(H2,23,24,25);1H. The van der Waals surface area contributed by atoms with E-state index in [-0.39, 0.29) is 29.7 Å². The fraction of sp³-hybridized carbons (Fsp3) is 0.409. The van der Waals surface area contributed by atoms with Gasteiger partial charge in [-0.1, -0.05) is 24.3 Å². The molecule has 7 nitrogen and oxygen atoms in total. The van der Waals surface area contributed by atoms with Gasteiger partial charge in [-0.05, 0) is 37.6 Å². The lowest BCUT2D eigenvalue weighted by Gasteiger charge is -2.13. The van der Waals surface area contributed by atoms with E-state index in [1.54, 1.807) is 37.4 Å². The predicted octanol–water partition coefficient (Wildman–Crippen LogP) is 3.96. The van der Waals surface area contributed by atoms with Crippen molar-refractivity contribution >= 4 is 45.5 Å². The third-order valence-electron chi connectivity index (χ3n) is 4.15. The highest BCUT2D eigenvalue weighted by molar-refractivity contribution is 14.0. The number of benzene rings is 2. The van der Waals surface area contributed by atoms with Crippen molar-refractivity contribution in [2.45, 2.75) is 24.7 Å². The zero-order valence-corrected chi connectivity index (χ0v) is 21.2. The van der Waals surface area contributed by atoms with E-state index in [0.717, 1.165) is 17.9 Å². The summed E-state index contributed by atoms with van der Waals surface area (Å²) in [4.78, 5) is 4.84. The SMILES string of the molecule is CCNC(=NCCCS(=O)(=O)c1ccccc1)Nc1cccc(OCCCOC)c1.I. The van der Waals surface area contributed by atoms with Gasteiger partial charge in [0.25, 0.3) is 0 Å². The molecule has 0 unspecified atom stereocenters. The van der Waals surface area contributed by atoms with Gasteiger partial charge in [0, 0.05) is 45.0 Å². The molecular formula is C22H32IN3O4S. The molecule has 0 saturated heterocycles. The molecule has 0 aliphatic carbocycles. The van der Waals surface area contributed by atoms with Crippen molar-refractivity contribution in [2.75, 3.05) is 44.5 Å². The number of rotatable bonds is 12. The highest BCUT2D eigenvalue weighted by atomic mass is 127. The molecule has 9 heteroatoms. The van der Waals surface area contributed by atoms with Crippen molar-refractivity contribution in [3.05, 3.63) is 54.6 Å². The third-order valence-corrected chi connectivity index (χ3v) is 5.96. The Morgan fingerprint density at radius 2 is 1.81 bits per heavy atom. The van der Waals surface area contributed by atoms with Gasteiger partial charge in [0.05, 0.1) is 17.3 Å². The number of hydrogen-bond donors (Lipinski definition) is 2. The molecular weight excluding hydrogens is 529 g/mol. The topological polar surface area (TPSA) is 89.0 Å². The van der Waals surface area contributed by atoms with Crippen LogP contribution >= 0.6 is 24.0 Å². The first-order chi connectivity index (χ1) is 14.5. The average Bonchev–Trinajstić information content (AvgIpc) is 2.75. The zero-order valence-electron chi connectivity index (χ0n) is 18.0. The molecule has 0 atom stereocenters. The van der Waals surface area contributed by atoms with Crippen molar-refractivity contribution < 1.29 is 17.9 Å². The van der Waals surface area contributed by atoms with Crippen molar-refractivity contribution in [2.24, 2.45) is 4.99 Å². The molecule has 2 rings (SSSR count). The van der Waals surface area contributed by atoms with Crippen LogP contribution in [0.1, 0.15) is 19.8 Å². The summed E-state index contributed by atoms with van der Waals surface area (Å²) in [6.45, 7) is 4.32. The first kappa shape index (κ1) is 27.2. The molecule has 0 aliphatic rings. The highest BCUT2D eigenvalue weighted by Crippen LogP contribution is 2.17. The summed E-state index contributed by atoms with van der Waals surface area (Å²) in [6, 6.07) is 16.1. The minimum Gasteiger partial charge on any atom is -0.493 e. The Morgan fingerprint density at radius 3 is 2.52 bits per heavy atom. The van der Waals surface area contributed by atoms with Crippen LogP contribution in [-0.4, -0.2) is 53.5 Å². The first-order valence-corrected chi connectivity index (χ1v) is 11.8. The Bertz CT molecular complexity index is 893. The number of nitrogens with zero attached hydrogens (tertiary/aromatic N) is 1. The largest absolute Gasteiger partial charge is 0.493 e. The second-order valence-corrected chi connectivity index (χ2v) is 8.70. The van der Waals surface area contributed by atoms with Crippen LogP contribution < -0.4 is 15.4 Å². The zero-order chi connectivity index (χ0) is 21.7. The van der Waals surface area contributed by atoms with Gasteiger partial charge in [-0.15, -0.1) is 24.0 Å². The highest BCUT2D eigenvalue weighted by Gasteiger charge is 2.13. The molecule has 0 spiro atoms. The summed E-state index contributed by atoms with van der Waals surface area (Å²) in [5.74, 6) is 1.43. The lowest BCUT2D eigenvalue weighted by atomic mass is 10.3. The van der Waals surface area contributed by atoms with E-state index in [2.05, 4.69) is 15.6 Å². The molecule has 172 valence electrons. The van der Waals surface area contributed by atoms with E-state index >= 15 is 0 Å². The fourth-order valence-electron chi connectivity index (χ4n) is 2.69. The van der Waals surface area contributed by atoms with Gasteiger partial charge in [0.1, 0.15) is 5.75 Å². The summed E-state index contributed by atoms with van der Waals surface area (Å²) >= 11 is 0. The minimum atomic E-state index is -3.28. The van der Waals surface area contributed by atoms with Gasteiger partial charge in [-0.3, -0.25) is 4.99 Å². The summed E-state index contributed by atoms with van der Waals surface area (Å²) in [5, 5.41) is 6.41. The van der Waals surface area contributed by atoms with E-state index in [4.69, 9.17) is 9.47 Å². The quantitative estimate of drug-likeness (QED) is 0.177. The summed E-state index contributed by atoms with van der Waals surface area (Å²) in [5.41, 5.74) is 0.843. The van der Waals surface area contributed by atoms with Crippen molar-refractivity contribution in [1.29, 1.82) is 0 Å². The normalized spacial score (nSPS) is 11.5. The predicted molar refractivity (Wildman–Crippen MR) is 137 cm³/mol. The maximum Gasteiger partial charge on any atom is 0.195 e. The van der Waals surface area contributed by atoms with Crippen LogP contribution in [0.2, 0.25) is 0 Å². The van der Waals surface area contributed by atoms with Crippen LogP contribution in [0.25, 0.3) is 0 Å². The summed E-state index contributed by atoms with van der Waals surface area (Å²) in [6.07, 6.45) is 1.26. The molecule has 0 saturated carbocycles. The molecule has 0 bridgehead atoms. The van der Waals surface area contributed by atoms with Crippen molar-refractivity contribution in [3.8, 4) is 5.75 Å². The molecule has 0 heterocycles.